The van der Waals surface area contributed by atoms with Gasteiger partial charge in [-0.2, -0.15) is 5.26 Å². The SMILES string of the molecule is N#CC(O)C1CCCCC1C=O. The summed E-state index contributed by atoms with van der Waals surface area (Å²) in [4.78, 5) is 10.6. The Bertz CT molecular complexity index is 197. The molecule has 0 amide bonds. The number of nitriles is 1. The van der Waals surface area contributed by atoms with Gasteiger partial charge in [0.15, 0.2) is 0 Å². The fourth-order valence-electron chi connectivity index (χ4n) is 1.84. The third-order valence-electron chi connectivity index (χ3n) is 2.59. The van der Waals surface area contributed by atoms with E-state index in [4.69, 9.17) is 5.26 Å². The zero-order chi connectivity index (χ0) is 8.97. The second kappa shape index (κ2) is 4.22. The smallest absolute Gasteiger partial charge is 0.143 e. The first-order valence-corrected chi connectivity index (χ1v) is 4.32. The molecule has 0 aromatic carbocycles. The van der Waals surface area contributed by atoms with Gasteiger partial charge in [-0.05, 0) is 12.8 Å². The van der Waals surface area contributed by atoms with Crippen molar-refractivity contribution in [1.82, 2.24) is 0 Å². The highest BCUT2D eigenvalue weighted by molar-refractivity contribution is 5.54. The Morgan fingerprint density at radius 3 is 2.75 bits per heavy atom. The van der Waals surface area contributed by atoms with Crippen LogP contribution in [0.3, 0.4) is 0 Å². The molecule has 3 atom stereocenters. The molecule has 0 aromatic rings. The lowest BCUT2D eigenvalue weighted by molar-refractivity contribution is -0.114. The van der Waals surface area contributed by atoms with Gasteiger partial charge in [-0.15, -0.1) is 0 Å². The molecule has 66 valence electrons. The Kier molecular flexibility index (Phi) is 3.24. The summed E-state index contributed by atoms with van der Waals surface area (Å²) >= 11 is 0. The van der Waals surface area contributed by atoms with Crippen molar-refractivity contribution in [2.24, 2.45) is 11.8 Å². The number of aliphatic hydroxyl groups is 1. The molecule has 12 heavy (non-hydrogen) atoms. The van der Waals surface area contributed by atoms with Crippen molar-refractivity contribution in [3.63, 3.8) is 0 Å². The lowest BCUT2D eigenvalue weighted by Gasteiger charge is -2.28. The third-order valence-corrected chi connectivity index (χ3v) is 2.59. The molecule has 1 rings (SSSR count). The second-order valence-corrected chi connectivity index (χ2v) is 3.32. The summed E-state index contributed by atoms with van der Waals surface area (Å²) in [6.07, 6.45) is 3.61. The zero-order valence-corrected chi connectivity index (χ0v) is 6.94. The Labute approximate surface area is 72.0 Å². The Morgan fingerprint density at radius 1 is 1.50 bits per heavy atom. The van der Waals surface area contributed by atoms with Crippen molar-refractivity contribution in [2.75, 3.05) is 0 Å². The minimum Gasteiger partial charge on any atom is -0.378 e. The van der Waals surface area contributed by atoms with E-state index in [2.05, 4.69) is 0 Å². The molecule has 1 saturated carbocycles. The molecule has 0 spiro atoms. The largest absolute Gasteiger partial charge is 0.378 e. The lowest BCUT2D eigenvalue weighted by atomic mass is 9.77. The summed E-state index contributed by atoms with van der Waals surface area (Å²) in [5, 5.41) is 17.7. The molecule has 0 radical (unpaired) electrons. The molecule has 3 heteroatoms. The zero-order valence-electron chi connectivity index (χ0n) is 6.94. The molecular formula is C9H13NO2. The van der Waals surface area contributed by atoms with E-state index in [1.54, 1.807) is 6.07 Å². The van der Waals surface area contributed by atoms with Crippen LogP contribution >= 0.6 is 0 Å². The van der Waals surface area contributed by atoms with E-state index < -0.39 is 6.10 Å². The first-order valence-electron chi connectivity index (χ1n) is 4.32. The van der Waals surface area contributed by atoms with Gasteiger partial charge in [0.05, 0.1) is 6.07 Å². The van der Waals surface area contributed by atoms with Gasteiger partial charge in [0, 0.05) is 11.8 Å². The van der Waals surface area contributed by atoms with Gasteiger partial charge in [-0.25, -0.2) is 0 Å². The van der Waals surface area contributed by atoms with Gasteiger partial charge in [0.2, 0.25) is 0 Å². The van der Waals surface area contributed by atoms with Gasteiger partial charge in [0.1, 0.15) is 12.4 Å². The van der Waals surface area contributed by atoms with Crippen molar-refractivity contribution >= 4 is 6.29 Å². The van der Waals surface area contributed by atoms with Crippen LogP contribution in [0.2, 0.25) is 0 Å². The van der Waals surface area contributed by atoms with E-state index in [-0.39, 0.29) is 11.8 Å². The van der Waals surface area contributed by atoms with Crippen LogP contribution in [0.25, 0.3) is 0 Å². The maximum absolute atomic E-state index is 10.6. The summed E-state index contributed by atoms with van der Waals surface area (Å²) in [5.74, 6) is -0.227. The van der Waals surface area contributed by atoms with Crippen LogP contribution < -0.4 is 0 Å². The molecule has 0 aliphatic heterocycles. The van der Waals surface area contributed by atoms with Crippen LogP contribution in [0, 0.1) is 23.2 Å². The quantitative estimate of drug-likeness (QED) is 0.490. The normalized spacial score (nSPS) is 32.0. The number of carbonyl (C=O) groups excluding carboxylic acids is 1. The fourth-order valence-corrected chi connectivity index (χ4v) is 1.84. The number of carbonyl (C=O) groups is 1. The summed E-state index contributed by atoms with van der Waals surface area (Å²) < 4.78 is 0. The molecule has 0 heterocycles. The van der Waals surface area contributed by atoms with Crippen LogP contribution in [-0.4, -0.2) is 17.5 Å². The van der Waals surface area contributed by atoms with Gasteiger partial charge in [-0.1, -0.05) is 12.8 Å². The monoisotopic (exact) mass is 167 g/mol. The van der Waals surface area contributed by atoms with Crippen molar-refractivity contribution < 1.29 is 9.90 Å². The number of aldehydes is 1. The van der Waals surface area contributed by atoms with Gasteiger partial charge >= 0.3 is 0 Å². The number of hydrogen-bond donors (Lipinski definition) is 1. The molecule has 3 nitrogen and oxygen atoms in total. The lowest BCUT2D eigenvalue weighted by Crippen LogP contribution is -2.30. The highest BCUT2D eigenvalue weighted by Crippen LogP contribution is 2.30. The minimum atomic E-state index is -0.958. The molecule has 1 aliphatic rings. The summed E-state index contributed by atoms with van der Waals surface area (Å²) in [7, 11) is 0. The van der Waals surface area contributed by atoms with E-state index in [9.17, 15) is 9.90 Å². The maximum Gasteiger partial charge on any atom is 0.143 e. The van der Waals surface area contributed by atoms with Crippen molar-refractivity contribution in [1.29, 1.82) is 5.26 Å². The number of nitrogens with zero attached hydrogens (tertiary/aromatic N) is 1. The predicted molar refractivity (Wildman–Crippen MR) is 43.1 cm³/mol. The van der Waals surface area contributed by atoms with Crippen LogP contribution in [0.4, 0.5) is 0 Å². The first kappa shape index (κ1) is 9.21. The highest BCUT2D eigenvalue weighted by atomic mass is 16.3. The van der Waals surface area contributed by atoms with E-state index in [0.29, 0.717) is 0 Å². The van der Waals surface area contributed by atoms with Crippen molar-refractivity contribution in [2.45, 2.75) is 31.8 Å². The van der Waals surface area contributed by atoms with Crippen LogP contribution in [0.15, 0.2) is 0 Å². The number of aliphatic hydroxyl groups excluding tert-OH is 1. The van der Waals surface area contributed by atoms with Gasteiger partial charge in [-0.3, -0.25) is 0 Å². The van der Waals surface area contributed by atoms with E-state index >= 15 is 0 Å². The topological polar surface area (TPSA) is 61.1 Å². The molecule has 0 saturated heterocycles. The fraction of sp³-hybridized carbons (Fsp3) is 0.778. The Balaban J connectivity index is 2.59. The molecule has 1 fully saturated rings. The summed E-state index contributed by atoms with van der Waals surface area (Å²) in [6, 6.07) is 1.80. The molecule has 3 unspecified atom stereocenters. The van der Waals surface area contributed by atoms with Gasteiger partial charge < -0.3 is 9.90 Å². The van der Waals surface area contributed by atoms with E-state index in [1.165, 1.54) is 0 Å². The average Bonchev–Trinajstić information content (AvgIpc) is 2.16. The molecule has 0 bridgehead atoms. The van der Waals surface area contributed by atoms with Crippen LogP contribution in [-0.2, 0) is 4.79 Å². The standard InChI is InChI=1S/C9H13NO2/c10-5-9(12)8-4-2-1-3-7(8)6-11/h6-9,12H,1-4H2. The van der Waals surface area contributed by atoms with Crippen molar-refractivity contribution in [3.05, 3.63) is 0 Å². The Morgan fingerprint density at radius 2 is 2.17 bits per heavy atom. The second-order valence-electron chi connectivity index (χ2n) is 3.32. The van der Waals surface area contributed by atoms with E-state index in [1.807, 2.05) is 0 Å². The molecule has 1 N–H and O–H groups in total. The molecule has 1 aliphatic carbocycles. The molecule has 0 aromatic heterocycles. The highest BCUT2D eigenvalue weighted by Gasteiger charge is 2.30. The first-order chi connectivity index (χ1) is 5.79. The Hall–Kier alpha value is -0.880. The van der Waals surface area contributed by atoms with Crippen molar-refractivity contribution in [3.8, 4) is 6.07 Å². The number of rotatable bonds is 2. The molecular weight excluding hydrogens is 154 g/mol. The minimum absolute atomic E-state index is 0.103. The average molecular weight is 167 g/mol. The van der Waals surface area contributed by atoms with Crippen LogP contribution in [0.1, 0.15) is 25.7 Å². The number of hydrogen-bond acceptors (Lipinski definition) is 3. The summed E-state index contributed by atoms with van der Waals surface area (Å²) in [5.41, 5.74) is 0. The predicted octanol–water partition coefficient (Wildman–Crippen LogP) is 0.876. The van der Waals surface area contributed by atoms with Gasteiger partial charge in [0.25, 0.3) is 0 Å². The van der Waals surface area contributed by atoms with E-state index in [0.717, 1.165) is 32.0 Å². The van der Waals surface area contributed by atoms with Crippen LogP contribution in [0.5, 0.6) is 0 Å². The third kappa shape index (κ3) is 1.83. The maximum atomic E-state index is 10.6. The summed E-state index contributed by atoms with van der Waals surface area (Å²) in [6.45, 7) is 0.